The standard InChI is InChI=1S/C16H22N2O/c1-16(2,9-5-11-19)12-18-15-8-10-17-14-7-4-3-6-13(14)15/h3-4,6-8,10,19H,5,9,11-12H2,1-2H3,(H,17,18). The molecule has 1 aromatic heterocycles. The molecular weight excluding hydrogens is 236 g/mol. The fourth-order valence-electron chi connectivity index (χ4n) is 2.23. The highest BCUT2D eigenvalue weighted by Gasteiger charge is 2.17. The van der Waals surface area contributed by atoms with E-state index in [9.17, 15) is 0 Å². The minimum atomic E-state index is 0.174. The Labute approximate surface area is 114 Å². The molecule has 102 valence electrons. The lowest BCUT2D eigenvalue weighted by atomic mass is 9.88. The molecule has 0 saturated carbocycles. The Hall–Kier alpha value is -1.61. The molecule has 1 aromatic carbocycles. The molecule has 3 heteroatoms. The van der Waals surface area contributed by atoms with Crippen molar-refractivity contribution in [3.63, 3.8) is 0 Å². The van der Waals surface area contributed by atoms with Crippen molar-refractivity contribution in [3.05, 3.63) is 36.5 Å². The van der Waals surface area contributed by atoms with Gasteiger partial charge in [0, 0.05) is 30.4 Å². The average Bonchev–Trinajstić information content (AvgIpc) is 2.43. The van der Waals surface area contributed by atoms with Crippen LogP contribution in [0.15, 0.2) is 36.5 Å². The van der Waals surface area contributed by atoms with E-state index in [1.807, 2.05) is 30.5 Å². The van der Waals surface area contributed by atoms with Crippen molar-refractivity contribution in [2.45, 2.75) is 26.7 Å². The molecule has 3 nitrogen and oxygen atoms in total. The molecular formula is C16H22N2O. The SMILES string of the molecule is CC(C)(CCCO)CNc1ccnc2ccccc12. The van der Waals surface area contributed by atoms with Gasteiger partial charge in [-0.15, -0.1) is 0 Å². The molecule has 0 aliphatic carbocycles. The number of nitrogens with one attached hydrogen (secondary N) is 1. The predicted molar refractivity (Wildman–Crippen MR) is 80.3 cm³/mol. The molecule has 0 bridgehead atoms. The largest absolute Gasteiger partial charge is 0.396 e. The zero-order valence-electron chi connectivity index (χ0n) is 11.7. The third-order valence-electron chi connectivity index (χ3n) is 3.42. The summed E-state index contributed by atoms with van der Waals surface area (Å²) in [6.07, 6.45) is 3.71. The van der Waals surface area contributed by atoms with E-state index in [1.54, 1.807) is 0 Å². The van der Waals surface area contributed by atoms with E-state index in [0.717, 1.165) is 36.0 Å². The van der Waals surface area contributed by atoms with Crippen LogP contribution < -0.4 is 5.32 Å². The number of nitrogens with zero attached hydrogens (tertiary/aromatic N) is 1. The van der Waals surface area contributed by atoms with Gasteiger partial charge in [-0.2, -0.15) is 0 Å². The number of fused-ring (bicyclic) bond motifs is 1. The van der Waals surface area contributed by atoms with Crippen LogP contribution in [0.4, 0.5) is 5.69 Å². The monoisotopic (exact) mass is 258 g/mol. The number of benzene rings is 1. The number of hydrogen-bond acceptors (Lipinski definition) is 3. The molecule has 2 rings (SSSR count). The van der Waals surface area contributed by atoms with Crippen LogP contribution in [0, 0.1) is 5.41 Å². The van der Waals surface area contributed by atoms with Crippen molar-refractivity contribution in [1.29, 1.82) is 0 Å². The summed E-state index contributed by atoms with van der Waals surface area (Å²) in [4.78, 5) is 4.36. The van der Waals surface area contributed by atoms with E-state index in [-0.39, 0.29) is 12.0 Å². The number of aromatic nitrogens is 1. The normalized spacial score (nSPS) is 11.7. The van der Waals surface area contributed by atoms with Crippen LogP contribution in [-0.2, 0) is 0 Å². The van der Waals surface area contributed by atoms with Gasteiger partial charge in [-0.3, -0.25) is 4.98 Å². The molecule has 2 N–H and O–H groups in total. The number of aliphatic hydroxyl groups is 1. The molecule has 0 saturated heterocycles. The predicted octanol–water partition coefficient (Wildman–Crippen LogP) is 3.45. The first-order chi connectivity index (χ1) is 9.12. The van der Waals surface area contributed by atoms with Gasteiger partial charge >= 0.3 is 0 Å². The van der Waals surface area contributed by atoms with Crippen LogP contribution in [0.1, 0.15) is 26.7 Å². The Bertz CT molecular complexity index is 532. The lowest BCUT2D eigenvalue weighted by Crippen LogP contribution is -2.23. The Kier molecular flexibility index (Phi) is 4.38. The fourth-order valence-corrected chi connectivity index (χ4v) is 2.23. The second-order valence-electron chi connectivity index (χ2n) is 5.72. The Balaban J connectivity index is 2.09. The molecule has 0 radical (unpaired) electrons. The molecule has 1 heterocycles. The third kappa shape index (κ3) is 3.67. The second kappa shape index (κ2) is 6.02. The fraction of sp³-hybridized carbons (Fsp3) is 0.438. The highest BCUT2D eigenvalue weighted by molar-refractivity contribution is 5.90. The highest BCUT2D eigenvalue weighted by Crippen LogP contribution is 2.26. The molecule has 0 atom stereocenters. The minimum absolute atomic E-state index is 0.174. The van der Waals surface area contributed by atoms with Crippen molar-refractivity contribution >= 4 is 16.6 Å². The van der Waals surface area contributed by atoms with Crippen molar-refractivity contribution < 1.29 is 5.11 Å². The van der Waals surface area contributed by atoms with Gasteiger partial charge in [0.1, 0.15) is 0 Å². The van der Waals surface area contributed by atoms with Crippen LogP contribution in [-0.4, -0.2) is 23.2 Å². The van der Waals surface area contributed by atoms with Gasteiger partial charge in [0.2, 0.25) is 0 Å². The lowest BCUT2D eigenvalue weighted by molar-refractivity contribution is 0.248. The van der Waals surface area contributed by atoms with Crippen molar-refractivity contribution in [3.8, 4) is 0 Å². The average molecular weight is 258 g/mol. The van der Waals surface area contributed by atoms with E-state index >= 15 is 0 Å². The first-order valence-corrected chi connectivity index (χ1v) is 6.81. The maximum Gasteiger partial charge on any atom is 0.0722 e. The molecule has 0 aliphatic rings. The zero-order chi connectivity index (χ0) is 13.7. The molecule has 0 amide bonds. The number of anilines is 1. The van der Waals surface area contributed by atoms with Crippen molar-refractivity contribution in [2.75, 3.05) is 18.5 Å². The summed E-state index contributed by atoms with van der Waals surface area (Å²) in [6, 6.07) is 10.2. The van der Waals surface area contributed by atoms with E-state index in [4.69, 9.17) is 5.11 Å². The summed E-state index contributed by atoms with van der Waals surface area (Å²) in [6.45, 7) is 5.60. The maximum atomic E-state index is 8.93. The number of hydrogen-bond donors (Lipinski definition) is 2. The maximum absolute atomic E-state index is 8.93. The van der Waals surface area contributed by atoms with Gasteiger partial charge in [-0.25, -0.2) is 0 Å². The molecule has 0 fully saturated rings. The Morgan fingerprint density at radius 3 is 2.79 bits per heavy atom. The van der Waals surface area contributed by atoms with Crippen LogP contribution in [0.3, 0.4) is 0 Å². The van der Waals surface area contributed by atoms with Gasteiger partial charge in [-0.1, -0.05) is 32.0 Å². The summed E-state index contributed by atoms with van der Waals surface area (Å²) in [5.74, 6) is 0. The summed E-state index contributed by atoms with van der Waals surface area (Å²) in [5, 5.41) is 13.6. The first-order valence-electron chi connectivity index (χ1n) is 6.81. The third-order valence-corrected chi connectivity index (χ3v) is 3.42. The van der Waals surface area contributed by atoms with E-state index in [2.05, 4.69) is 30.2 Å². The summed E-state index contributed by atoms with van der Waals surface area (Å²) in [7, 11) is 0. The smallest absolute Gasteiger partial charge is 0.0722 e. The molecule has 0 unspecified atom stereocenters. The van der Waals surface area contributed by atoms with E-state index in [1.165, 1.54) is 0 Å². The zero-order valence-corrected chi connectivity index (χ0v) is 11.7. The van der Waals surface area contributed by atoms with Crippen LogP contribution in [0.2, 0.25) is 0 Å². The molecule has 19 heavy (non-hydrogen) atoms. The topological polar surface area (TPSA) is 45.1 Å². The van der Waals surface area contributed by atoms with Crippen molar-refractivity contribution in [1.82, 2.24) is 4.98 Å². The summed E-state index contributed by atoms with van der Waals surface area (Å²) >= 11 is 0. The van der Waals surface area contributed by atoms with Gasteiger partial charge in [0.15, 0.2) is 0 Å². The molecule has 0 aliphatic heterocycles. The van der Waals surface area contributed by atoms with E-state index < -0.39 is 0 Å². The van der Waals surface area contributed by atoms with Crippen LogP contribution >= 0.6 is 0 Å². The quantitative estimate of drug-likeness (QED) is 0.834. The number of pyridine rings is 1. The Morgan fingerprint density at radius 2 is 2.00 bits per heavy atom. The van der Waals surface area contributed by atoms with Crippen LogP contribution in [0.5, 0.6) is 0 Å². The Morgan fingerprint density at radius 1 is 1.21 bits per heavy atom. The number of para-hydroxylation sites is 1. The van der Waals surface area contributed by atoms with Gasteiger partial charge in [0.05, 0.1) is 5.52 Å². The van der Waals surface area contributed by atoms with Gasteiger partial charge in [-0.05, 0) is 30.4 Å². The highest BCUT2D eigenvalue weighted by atomic mass is 16.2. The van der Waals surface area contributed by atoms with Crippen LogP contribution in [0.25, 0.3) is 10.9 Å². The lowest BCUT2D eigenvalue weighted by Gasteiger charge is -2.25. The van der Waals surface area contributed by atoms with Gasteiger partial charge in [0.25, 0.3) is 0 Å². The van der Waals surface area contributed by atoms with Crippen molar-refractivity contribution in [2.24, 2.45) is 5.41 Å². The molecule has 2 aromatic rings. The first kappa shape index (κ1) is 13.8. The molecule has 0 spiro atoms. The number of rotatable bonds is 6. The van der Waals surface area contributed by atoms with Gasteiger partial charge < -0.3 is 10.4 Å². The second-order valence-corrected chi connectivity index (χ2v) is 5.72. The number of aliphatic hydroxyl groups excluding tert-OH is 1. The van der Waals surface area contributed by atoms with E-state index in [0.29, 0.717) is 0 Å². The minimum Gasteiger partial charge on any atom is -0.396 e. The summed E-state index contributed by atoms with van der Waals surface area (Å²) in [5.41, 5.74) is 2.32. The summed E-state index contributed by atoms with van der Waals surface area (Å²) < 4.78 is 0.